The minimum atomic E-state index is -5.19. The molecule has 0 atom stereocenters. The van der Waals surface area contributed by atoms with E-state index in [9.17, 15) is 35.9 Å². The van der Waals surface area contributed by atoms with Gasteiger partial charge in [-0.3, -0.25) is 9.59 Å². The Balaban J connectivity index is 1.51. The van der Waals surface area contributed by atoms with Crippen LogP contribution >= 0.6 is 11.6 Å². The molecule has 0 saturated heterocycles. The summed E-state index contributed by atoms with van der Waals surface area (Å²) in [4.78, 5) is 28.9. The number of aromatic amines is 1. The fraction of sp³-hybridized carbons (Fsp3) is 0.292. The maximum Gasteiger partial charge on any atom is 0.433 e. The van der Waals surface area contributed by atoms with Crippen LogP contribution in [0, 0.1) is 11.7 Å². The van der Waals surface area contributed by atoms with Crippen molar-refractivity contribution in [1.29, 1.82) is 0 Å². The van der Waals surface area contributed by atoms with E-state index in [4.69, 9.17) is 16.3 Å². The fourth-order valence-electron chi connectivity index (χ4n) is 3.88. The van der Waals surface area contributed by atoms with Crippen molar-refractivity contribution in [3.8, 4) is 17.1 Å². The third-order valence-corrected chi connectivity index (χ3v) is 6.05. The van der Waals surface area contributed by atoms with Crippen LogP contribution in [0.2, 0.25) is 5.02 Å². The molecule has 1 aliphatic carbocycles. The molecule has 2 N–H and O–H groups in total. The highest BCUT2D eigenvalue weighted by Gasteiger charge is 2.39. The van der Waals surface area contributed by atoms with Crippen LogP contribution in [0.4, 0.5) is 30.7 Å². The van der Waals surface area contributed by atoms with Crippen molar-refractivity contribution in [1.82, 2.24) is 15.3 Å². The number of H-pyrrole nitrogens is 1. The molecule has 0 unspecified atom stereocenters. The van der Waals surface area contributed by atoms with Crippen LogP contribution in [-0.4, -0.2) is 22.0 Å². The van der Waals surface area contributed by atoms with Gasteiger partial charge in [-0.05, 0) is 37.1 Å². The number of aromatic nitrogens is 2. The van der Waals surface area contributed by atoms with Crippen LogP contribution < -0.4 is 15.6 Å². The van der Waals surface area contributed by atoms with Gasteiger partial charge in [0.15, 0.2) is 5.69 Å². The van der Waals surface area contributed by atoms with Gasteiger partial charge in [-0.1, -0.05) is 23.7 Å². The Morgan fingerprint density at radius 3 is 2.42 bits per heavy atom. The van der Waals surface area contributed by atoms with E-state index in [1.165, 1.54) is 0 Å². The second kappa shape index (κ2) is 10.3. The van der Waals surface area contributed by atoms with Gasteiger partial charge in [-0.2, -0.15) is 26.3 Å². The predicted octanol–water partition coefficient (Wildman–Crippen LogP) is 5.74. The lowest BCUT2D eigenvalue weighted by Gasteiger charge is -2.34. The standard InChI is InChI=1S/C24H17ClF7N3O3/c25-13-2-1-3-14(8-13)38-15-6-12(7-15)22(37)33-10-11-4-5-16(23(27,28)29)19(20(11)26)21-34-17(24(30,31)32)9-18(36)35-21/h1-5,8-9,12,15H,6-7,10H2,(H,33,37)(H,34,35,36). The molecule has 0 bridgehead atoms. The number of alkyl halides is 6. The van der Waals surface area contributed by atoms with E-state index in [0.717, 1.165) is 6.07 Å². The number of benzene rings is 2. The molecule has 14 heteroatoms. The molecule has 1 fully saturated rings. The summed E-state index contributed by atoms with van der Waals surface area (Å²) in [6.45, 7) is -0.560. The van der Waals surface area contributed by atoms with Crippen molar-refractivity contribution in [2.45, 2.75) is 37.8 Å². The van der Waals surface area contributed by atoms with E-state index in [1.807, 2.05) is 0 Å². The molecule has 0 spiro atoms. The molecular formula is C24H17ClF7N3O3. The number of hydrogen-bond acceptors (Lipinski definition) is 4. The molecule has 1 saturated carbocycles. The normalized spacial score (nSPS) is 17.6. The van der Waals surface area contributed by atoms with Gasteiger partial charge >= 0.3 is 12.4 Å². The van der Waals surface area contributed by atoms with Gasteiger partial charge in [0.05, 0.1) is 11.1 Å². The Morgan fingerprint density at radius 2 is 1.79 bits per heavy atom. The molecule has 38 heavy (non-hydrogen) atoms. The average Bonchev–Trinajstić information content (AvgIpc) is 2.78. The molecule has 0 radical (unpaired) electrons. The minimum Gasteiger partial charge on any atom is -0.490 e. The number of ether oxygens (including phenoxy) is 1. The molecule has 6 nitrogen and oxygen atoms in total. The van der Waals surface area contributed by atoms with Gasteiger partial charge in [-0.25, -0.2) is 9.37 Å². The number of nitrogens with one attached hydrogen (secondary N) is 2. The van der Waals surface area contributed by atoms with Gasteiger partial charge in [0.1, 0.15) is 23.5 Å². The van der Waals surface area contributed by atoms with Crippen molar-refractivity contribution in [2.24, 2.45) is 5.92 Å². The van der Waals surface area contributed by atoms with Crippen LogP contribution in [-0.2, 0) is 23.7 Å². The topological polar surface area (TPSA) is 84.1 Å². The zero-order chi connectivity index (χ0) is 27.8. The molecule has 4 rings (SSSR count). The number of halogens is 8. The van der Waals surface area contributed by atoms with Crippen LogP contribution in [0.15, 0.2) is 47.3 Å². The Kier molecular flexibility index (Phi) is 7.42. The summed E-state index contributed by atoms with van der Waals surface area (Å²) in [6, 6.07) is 7.89. The van der Waals surface area contributed by atoms with Crippen molar-refractivity contribution in [2.75, 3.05) is 0 Å². The number of nitrogens with zero attached hydrogens (tertiary/aromatic N) is 1. The smallest absolute Gasteiger partial charge is 0.433 e. The molecule has 0 aliphatic heterocycles. The molecule has 2 aromatic carbocycles. The number of carbonyl (C=O) groups excluding carboxylic acids is 1. The van der Waals surface area contributed by atoms with Gasteiger partial charge in [0.25, 0.3) is 5.56 Å². The van der Waals surface area contributed by atoms with Gasteiger partial charge < -0.3 is 15.0 Å². The van der Waals surface area contributed by atoms with Crippen LogP contribution in [0.1, 0.15) is 29.7 Å². The van der Waals surface area contributed by atoms with E-state index < -0.39 is 70.3 Å². The van der Waals surface area contributed by atoms with E-state index in [0.29, 0.717) is 29.7 Å². The predicted molar refractivity (Wildman–Crippen MR) is 121 cm³/mol. The van der Waals surface area contributed by atoms with Gasteiger partial charge in [0.2, 0.25) is 5.91 Å². The average molecular weight is 564 g/mol. The van der Waals surface area contributed by atoms with E-state index in [-0.39, 0.29) is 12.2 Å². The summed E-state index contributed by atoms with van der Waals surface area (Å²) in [5.41, 5.74) is -6.68. The van der Waals surface area contributed by atoms with Crippen LogP contribution in [0.5, 0.6) is 5.75 Å². The Bertz CT molecular complexity index is 1420. The first-order valence-electron chi connectivity index (χ1n) is 11.0. The lowest BCUT2D eigenvalue weighted by Crippen LogP contribution is -2.43. The Hall–Kier alpha value is -3.61. The summed E-state index contributed by atoms with van der Waals surface area (Å²) in [7, 11) is 0. The summed E-state index contributed by atoms with van der Waals surface area (Å²) >= 11 is 5.89. The molecule has 202 valence electrons. The Morgan fingerprint density at radius 1 is 1.08 bits per heavy atom. The number of carbonyl (C=O) groups is 1. The summed E-state index contributed by atoms with van der Waals surface area (Å²) in [6.07, 6.45) is -9.97. The van der Waals surface area contributed by atoms with Gasteiger partial charge in [-0.15, -0.1) is 0 Å². The number of hydrogen-bond donors (Lipinski definition) is 2. The first-order valence-corrected chi connectivity index (χ1v) is 11.4. The van der Waals surface area contributed by atoms with Crippen molar-refractivity contribution in [3.05, 3.63) is 80.5 Å². The number of rotatable bonds is 6. The molecule has 3 aromatic rings. The van der Waals surface area contributed by atoms with E-state index >= 15 is 4.39 Å². The summed E-state index contributed by atoms with van der Waals surface area (Å²) in [5.74, 6) is -3.33. The third-order valence-electron chi connectivity index (χ3n) is 5.81. The largest absolute Gasteiger partial charge is 0.490 e. The monoisotopic (exact) mass is 563 g/mol. The Labute approximate surface area is 214 Å². The van der Waals surface area contributed by atoms with Crippen LogP contribution in [0.3, 0.4) is 0 Å². The summed E-state index contributed by atoms with van der Waals surface area (Å²) in [5, 5.41) is 2.88. The molecule has 1 aromatic heterocycles. The lowest BCUT2D eigenvalue weighted by atomic mass is 9.81. The second-order valence-electron chi connectivity index (χ2n) is 8.52. The van der Waals surface area contributed by atoms with E-state index in [2.05, 4.69) is 10.3 Å². The third kappa shape index (κ3) is 6.09. The maximum absolute atomic E-state index is 15.3. The van der Waals surface area contributed by atoms with Crippen molar-refractivity contribution >= 4 is 17.5 Å². The zero-order valence-corrected chi connectivity index (χ0v) is 19.8. The maximum atomic E-state index is 15.3. The second-order valence-corrected chi connectivity index (χ2v) is 8.96. The van der Waals surface area contributed by atoms with Gasteiger partial charge in [0, 0.05) is 29.1 Å². The van der Waals surface area contributed by atoms with Crippen molar-refractivity contribution in [3.63, 3.8) is 0 Å². The number of amides is 1. The molecule has 1 heterocycles. The summed E-state index contributed by atoms with van der Waals surface area (Å²) < 4.78 is 101. The fourth-order valence-corrected chi connectivity index (χ4v) is 4.06. The SMILES string of the molecule is O=C(NCc1ccc(C(F)(F)F)c(-c2nc(C(F)(F)F)cc(=O)[nH]2)c1F)C1CC(Oc2cccc(Cl)c2)C1. The highest BCUT2D eigenvalue weighted by atomic mass is 35.5. The van der Waals surface area contributed by atoms with Crippen LogP contribution in [0.25, 0.3) is 11.4 Å². The first-order chi connectivity index (χ1) is 17.7. The zero-order valence-electron chi connectivity index (χ0n) is 19.0. The highest BCUT2D eigenvalue weighted by molar-refractivity contribution is 6.30. The quantitative estimate of drug-likeness (QED) is 0.375. The molecular weight excluding hydrogens is 547 g/mol. The minimum absolute atomic E-state index is 0.0424. The highest BCUT2D eigenvalue weighted by Crippen LogP contribution is 2.39. The lowest BCUT2D eigenvalue weighted by molar-refractivity contribution is -0.141. The van der Waals surface area contributed by atoms with E-state index in [1.54, 1.807) is 29.2 Å². The molecule has 1 aliphatic rings. The first kappa shape index (κ1) is 27.4. The van der Waals surface area contributed by atoms with Crippen molar-refractivity contribution < 1.29 is 40.3 Å². The molecule has 1 amide bonds.